The summed E-state index contributed by atoms with van der Waals surface area (Å²) in [4.78, 5) is 24.3. The van der Waals surface area contributed by atoms with E-state index in [-0.39, 0.29) is 5.88 Å². The van der Waals surface area contributed by atoms with Crippen molar-refractivity contribution in [3.8, 4) is 45.4 Å². The van der Waals surface area contributed by atoms with Crippen LogP contribution in [0.3, 0.4) is 0 Å². The SMILES string of the molecule is COc1nc(-c2cccc(-c3ccc(-c4cnccc4Cl)nc3OC)c2Cl)ccc1C=O. The number of nitrogens with zero attached hydrogens (tertiary/aromatic N) is 3. The van der Waals surface area contributed by atoms with Crippen LogP contribution in [0, 0.1) is 0 Å². The Kier molecular flexibility index (Phi) is 6.35. The topological polar surface area (TPSA) is 74.2 Å². The van der Waals surface area contributed by atoms with Crippen molar-refractivity contribution in [2.45, 2.75) is 0 Å². The largest absolute Gasteiger partial charge is 0.481 e. The fourth-order valence-corrected chi connectivity index (χ4v) is 3.84. The molecule has 0 saturated heterocycles. The van der Waals surface area contributed by atoms with E-state index in [0.717, 1.165) is 5.56 Å². The average Bonchev–Trinajstić information content (AvgIpc) is 2.84. The highest BCUT2D eigenvalue weighted by Gasteiger charge is 2.18. The van der Waals surface area contributed by atoms with Crippen LogP contribution in [-0.4, -0.2) is 35.5 Å². The minimum atomic E-state index is 0.232. The van der Waals surface area contributed by atoms with E-state index in [2.05, 4.69) is 15.0 Å². The maximum Gasteiger partial charge on any atom is 0.224 e. The number of benzene rings is 1. The van der Waals surface area contributed by atoms with Gasteiger partial charge >= 0.3 is 0 Å². The standard InChI is InChI=1S/C24H17Cl2N3O3/c1-31-23-14(13-30)6-8-20(28-23)17-5-3-4-15(22(17)26)16-7-9-21(29-24(16)32-2)18-12-27-11-10-19(18)25/h3-13H,1-2H3. The Morgan fingerprint density at radius 2 is 1.47 bits per heavy atom. The molecule has 6 nitrogen and oxygen atoms in total. The van der Waals surface area contributed by atoms with Crippen molar-refractivity contribution < 1.29 is 14.3 Å². The molecule has 0 unspecified atom stereocenters. The predicted molar refractivity (Wildman–Crippen MR) is 125 cm³/mol. The molecular formula is C24H17Cl2N3O3. The van der Waals surface area contributed by atoms with E-state index in [1.807, 2.05) is 30.3 Å². The van der Waals surface area contributed by atoms with E-state index in [1.165, 1.54) is 7.11 Å². The number of methoxy groups -OCH3 is 2. The number of aromatic nitrogens is 3. The molecule has 32 heavy (non-hydrogen) atoms. The van der Waals surface area contributed by atoms with Gasteiger partial charge in [-0.2, -0.15) is 0 Å². The molecule has 0 saturated carbocycles. The zero-order valence-electron chi connectivity index (χ0n) is 17.2. The number of ether oxygens (including phenoxy) is 2. The van der Waals surface area contributed by atoms with E-state index in [9.17, 15) is 4.79 Å². The molecule has 8 heteroatoms. The predicted octanol–water partition coefficient (Wildman–Crippen LogP) is 6.01. The minimum Gasteiger partial charge on any atom is -0.481 e. The third-order valence-electron chi connectivity index (χ3n) is 4.87. The molecule has 0 amide bonds. The average molecular weight is 466 g/mol. The van der Waals surface area contributed by atoms with Crippen molar-refractivity contribution in [2.75, 3.05) is 14.2 Å². The van der Waals surface area contributed by atoms with Crippen LogP contribution in [0.25, 0.3) is 33.6 Å². The third kappa shape index (κ3) is 4.02. The van der Waals surface area contributed by atoms with Gasteiger partial charge in [0.25, 0.3) is 0 Å². The Bertz CT molecular complexity index is 1310. The Morgan fingerprint density at radius 3 is 2.19 bits per heavy atom. The van der Waals surface area contributed by atoms with Gasteiger partial charge in [-0.25, -0.2) is 9.97 Å². The van der Waals surface area contributed by atoms with Crippen LogP contribution in [0.5, 0.6) is 11.8 Å². The first-order valence-electron chi connectivity index (χ1n) is 9.51. The first kappa shape index (κ1) is 21.7. The quantitative estimate of drug-likeness (QED) is 0.324. The number of rotatable bonds is 6. The van der Waals surface area contributed by atoms with E-state index in [1.54, 1.807) is 37.7 Å². The Labute approximate surface area is 194 Å². The summed E-state index contributed by atoms with van der Waals surface area (Å²) in [5, 5.41) is 1.01. The van der Waals surface area contributed by atoms with Crippen LogP contribution in [0.1, 0.15) is 10.4 Å². The van der Waals surface area contributed by atoms with Crippen molar-refractivity contribution >= 4 is 29.5 Å². The Morgan fingerprint density at radius 1 is 0.781 bits per heavy atom. The first-order chi connectivity index (χ1) is 15.6. The molecule has 0 spiro atoms. The summed E-state index contributed by atoms with van der Waals surface area (Å²) in [6.07, 6.45) is 3.97. The number of halogens is 2. The minimum absolute atomic E-state index is 0.232. The molecule has 0 aliphatic carbocycles. The zero-order valence-corrected chi connectivity index (χ0v) is 18.7. The van der Waals surface area contributed by atoms with E-state index in [4.69, 9.17) is 32.7 Å². The van der Waals surface area contributed by atoms with Gasteiger partial charge in [-0.1, -0.05) is 41.4 Å². The van der Waals surface area contributed by atoms with E-state index >= 15 is 0 Å². The zero-order chi connectivity index (χ0) is 22.7. The molecular weight excluding hydrogens is 449 g/mol. The molecule has 0 bridgehead atoms. The van der Waals surface area contributed by atoms with Crippen LogP contribution in [0.2, 0.25) is 10.0 Å². The number of carbonyl (C=O) groups excluding carboxylic acids is 1. The highest BCUT2D eigenvalue weighted by Crippen LogP contribution is 2.40. The van der Waals surface area contributed by atoms with Crippen molar-refractivity contribution in [2.24, 2.45) is 0 Å². The second-order valence-corrected chi connectivity index (χ2v) is 7.47. The third-order valence-corrected chi connectivity index (χ3v) is 5.61. The summed E-state index contributed by atoms with van der Waals surface area (Å²) < 4.78 is 10.8. The van der Waals surface area contributed by atoms with Gasteiger partial charge in [0.1, 0.15) is 0 Å². The lowest BCUT2D eigenvalue weighted by atomic mass is 10.0. The first-order valence-corrected chi connectivity index (χ1v) is 10.3. The van der Waals surface area contributed by atoms with E-state index < -0.39 is 0 Å². The van der Waals surface area contributed by atoms with Crippen LogP contribution >= 0.6 is 23.2 Å². The lowest BCUT2D eigenvalue weighted by Crippen LogP contribution is -1.97. The van der Waals surface area contributed by atoms with Crippen LogP contribution < -0.4 is 9.47 Å². The molecule has 160 valence electrons. The molecule has 0 aliphatic heterocycles. The molecule has 0 N–H and O–H groups in total. The molecule has 3 aromatic heterocycles. The fourth-order valence-electron chi connectivity index (χ4n) is 3.31. The maximum absolute atomic E-state index is 11.2. The molecule has 0 radical (unpaired) electrons. The lowest BCUT2D eigenvalue weighted by Gasteiger charge is -2.14. The van der Waals surface area contributed by atoms with Crippen molar-refractivity contribution in [1.29, 1.82) is 0 Å². The fraction of sp³-hybridized carbons (Fsp3) is 0.0833. The van der Waals surface area contributed by atoms with Gasteiger partial charge in [-0.3, -0.25) is 9.78 Å². The van der Waals surface area contributed by atoms with Gasteiger partial charge in [-0.15, -0.1) is 0 Å². The molecule has 0 atom stereocenters. The number of carbonyl (C=O) groups is 1. The van der Waals surface area contributed by atoms with Gasteiger partial charge in [0.05, 0.1) is 41.2 Å². The van der Waals surface area contributed by atoms with Gasteiger partial charge in [0.15, 0.2) is 6.29 Å². The summed E-state index contributed by atoms with van der Waals surface area (Å²) >= 11 is 13.1. The van der Waals surface area contributed by atoms with E-state index in [0.29, 0.717) is 55.9 Å². The maximum atomic E-state index is 11.2. The Hall–Kier alpha value is -3.48. The van der Waals surface area contributed by atoms with Gasteiger partial charge < -0.3 is 9.47 Å². The van der Waals surface area contributed by atoms with Crippen molar-refractivity contribution in [3.05, 3.63) is 76.5 Å². The number of pyridine rings is 3. The summed E-state index contributed by atoms with van der Waals surface area (Å²) in [6.45, 7) is 0. The second kappa shape index (κ2) is 9.34. The summed E-state index contributed by atoms with van der Waals surface area (Å²) in [5.41, 5.74) is 4.37. The van der Waals surface area contributed by atoms with Crippen LogP contribution in [0.15, 0.2) is 60.9 Å². The smallest absolute Gasteiger partial charge is 0.224 e. The van der Waals surface area contributed by atoms with Gasteiger partial charge in [-0.05, 0) is 30.3 Å². The number of aldehydes is 1. The number of hydrogen-bond donors (Lipinski definition) is 0. The molecule has 4 rings (SSSR count). The lowest BCUT2D eigenvalue weighted by molar-refractivity contribution is 0.112. The van der Waals surface area contributed by atoms with Crippen molar-refractivity contribution in [1.82, 2.24) is 15.0 Å². The number of hydrogen-bond acceptors (Lipinski definition) is 6. The molecule has 0 fully saturated rings. The monoisotopic (exact) mass is 465 g/mol. The van der Waals surface area contributed by atoms with Crippen LogP contribution in [-0.2, 0) is 0 Å². The molecule has 1 aromatic carbocycles. The summed E-state index contributed by atoms with van der Waals surface area (Å²) in [5.74, 6) is 0.624. The normalized spacial score (nSPS) is 10.6. The molecule has 3 heterocycles. The highest BCUT2D eigenvalue weighted by molar-refractivity contribution is 6.36. The summed E-state index contributed by atoms with van der Waals surface area (Å²) in [6, 6.07) is 14.4. The molecule has 0 aliphatic rings. The van der Waals surface area contributed by atoms with Gasteiger partial charge in [0, 0.05) is 34.6 Å². The molecule has 4 aromatic rings. The highest BCUT2D eigenvalue weighted by atomic mass is 35.5. The second-order valence-electron chi connectivity index (χ2n) is 6.69. The van der Waals surface area contributed by atoms with Crippen molar-refractivity contribution in [3.63, 3.8) is 0 Å². The van der Waals surface area contributed by atoms with Crippen LogP contribution in [0.4, 0.5) is 0 Å². The van der Waals surface area contributed by atoms with Gasteiger partial charge in [0.2, 0.25) is 11.8 Å². The summed E-state index contributed by atoms with van der Waals surface area (Å²) in [7, 11) is 3.01. The Balaban J connectivity index is 1.82.